The number of Topliss-reactive ketones (excluding diaryl/α,β-unsaturated/α-hetero) is 1. The Hall–Kier alpha value is -0.980. The van der Waals surface area contributed by atoms with E-state index in [0.29, 0.717) is 12.8 Å². The van der Waals surface area contributed by atoms with Gasteiger partial charge in [-0.05, 0) is 42.9 Å². The van der Waals surface area contributed by atoms with Crippen molar-refractivity contribution in [3.63, 3.8) is 0 Å². The summed E-state index contributed by atoms with van der Waals surface area (Å²) in [4.78, 5) is 29.7. The van der Waals surface area contributed by atoms with Crippen LogP contribution >= 0.6 is 0 Å². The maximum absolute atomic E-state index is 13.2. The van der Waals surface area contributed by atoms with Gasteiger partial charge in [-0.3, -0.25) is 4.79 Å². The van der Waals surface area contributed by atoms with Crippen LogP contribution < -0.4 is 5.73 Å². The summed E-state index contributed by atoms with van der Waals surface area (Å²) in [5.41, 5.74) is 3.23. The molecule has 166 valence electrons. The zero-order valence-electron chi connectivity index (χ0n) is 19.9. The number of ketones is 1. The third-order valence-electron chi connectivity index (χ3n) is 7.21. The van der Waals surface area contributed by atoms with Gasteiger partial charge in [0.1, 0.15) is 6.61 Å². The first-order valence-corrected chi connectivity index (χ1v) is 9.96. The fraction of sp³-hybridized carbons (Fsp3) is 0.909. The number of hydrogen-bond donors (Lipinski definition) is 2. The first-order chi connectivity index (χ1) is 12.3. The molecule has 6 heteroatoms. The fourth-order valence-corrected chi connectivity index (χ4v) is 4.43. The van der Waals surface area contributed by atoms with Crippen molar-refractivity contribution in [2.45, 2.75) is 88.1 Å². The van der Waals surface area contributed by atoms with Crippen LogP contribution in [-0.4, -0.2) is 36.8 Å². The van der Waals surface area contributed by atoms with Gasteiger partial charge in [-0.25, -0.2) is 4.79 Å². The van der Waals surface area contributed by atoms with Crippen molar-refractivity contribution in [3.8, 4) is 0 Å². The summed E-state index contributed by atoms with van der Waals surface area (Å²) < 4.78 is 5.19. The maximum atomic E-state index is 13.2. The van der Waals surface area contributed by atoms with Crippen molar-refractivity contribution in [2.24, 2.45) is 32.8 Å². The van der Waals surface area contributed by atoms with Gasteiger partial charge in [0.15, 0.2) is 5.78 Å². The van der Waals surface area contributed by atoms with Gasteiger partial charge in [0.25, 0.3) is 0 Å². The van der Waals surface area contributed by atoms with Gasteiger partial charge in [-0.2, -0.15) is 5.26 Å². The monoisotopic (exact) mass is 401 g/mol. The average Bonchev–Trinajstić information content (AvgIpc) is 2.51. The number of hydrogen-bond acceptors (Lipinski definition) is 6. The fourth-order valence-electron chi connectivity index (χ4n) is 4.43. The predicted octanol–water partition coefficient (Wildman–Crippen LogP) is 4.46. The minimum atomic E-state index is -1.09. The molecular formula is C22H43NO5. The number of carbonyl (C=O) groups excluding carboxylic acids is 2. The zero-order valence-corrected chi connectivity index (χ0v) is 19.9. The highest BCUT2D eigenvalue weighted by atomic mass is 17.1. The predicted molar refractivity (Wildman–Crippen MR) is 112 cm³/mol. The number of nitrogens with two attached hydrogens (primary N) is 1. The van der Waals surface area contributed by atoms with E-state index in [9.17, 15) is 9.59 Å². The Bertz CT molecular complexity index is 562. The van der Waals surface area contributed by atoms with E-state index in [-0.39, 0.29) is 17.8 Å². The van der Waals surface area contributed by atoms with Crippen LogP contribution in [0.2, 0.25) is 0 Å². The molecule has 0 aromatic carbocycles. The van der Waals surface area contributed by atoms with Crippen LogP contribution in [0, 0.1) is 27.1 Å². The summed E-state index contributed by atoms with van der Waals surface area (Å²) in [5.74, 6) is -0.720. The molecule has 0 rings (SSSR count). The minimum absolute atomic E-state index is 0.0370. The number of ether oxygens (including phenoxy) is 1. The van der Waals surface area contributed by atoms with Gasteiger partial charge in [0.05, 0.1) is 5.41 Å². The molecule has 3 N–H and O–H groups in total. The van der Waals surface area contributed by atoms with Gasteiger partial charge in [-0.1, -0.05) is 55.4 Å². The van der Waals surface area contributed by atoms with Crippen molar-refractivity contribution < 1.29 is 24.5 Å². The molecule has 6 nitrogen and oxygen atoms in total. The minimum Gasteiger partial charge on any atom is -0.377 e. The Labute approximate surface area is 171 Å². The molecule has 0 aliphatic rings. The maximum Gasteiger partial charge on any atom is 0.349 e. The lowest BCUT2D eigenvalue weighted by atomic mass is 9.47. The van der Waals surface area contributed by atoms with E-state index in [2.05, 4.69) is 39.5 Å². The SMILES string of the molecule is COCC(=O)C(C)(CC(C)(C)C)C(C)(C)C(C)(C)CC(C)(C(=O)OO)C(C)N. The van der Waals surface area contributed by atoms with Crippen LogP contribution in [0.25, 0.3) is 0 Å². The number of carbonyl (C=O) groups is 2. The van der Waals surface area contributed by atoms with Gasteiger partial charge in [0, 0.05) is 18.6 Å². The summed E-state index contributed by atoms with van der Waals surface area (Å²) in [6.45, 7) is 20.0. The third-order valence-corrected chi connectivity index (χ3v) is 7.21. The van der Waals surface area contributed by atoms with E-state index in [0.717, 1.165) is 0 Å². The highest BCUT2D eigenvalue weighted by Gasteiger charge is 2.58. The van der Waals surface area contributed by atoms with E-state index in [4.69, 9.17) is 15.7 Å². The number of methoxy groups -OCH3 is 1. The molecule has 0 radical (unpaired) electrons. The van der Waals surface area contributed by atoms with Gasteiger partial charge < -0.3 is 15.4 Å². The molecule has 0 bridgehead atoms. The normalized spacial score (nSPS) is 18.8. The molecule has 0 heterocycles. The summed E-state index contributed by atoms with van der Waals surface area (Å²) >= 11 is 0. The Morgan fingerprint density at radius 2 is 1.43 bits per heavy atom. The van der Waals surface area contributed by atoms with E-state index in [1.54, 1.807) is 13.8 Å². The Balaban J connectivity index is 6.35. The lowest BCUT2D eigenvalue weighted by molar-refractivity contribution is -0.248. The second-order valence-electron chi connectivity index (χ2n) is 11.2. The smallest absolute Gasteiger partial charge is 0.349 e. The van der Waals surface area contributed by atoms with Crippen molar-refractivity contribution in [3.05, 3.63) is 0 Å². The van der Waals surface area contributed by atoms with Crippen LogP contribution in [0.3, 0.4) is 0 Å². The largest absolute Gasteiger partial charge is 0.377 e. The second kappa shape index (κ2) is 8.80. The van der Waals surface area contributed by atoms with Crippen molar-refractivity contribution in [1.29, 1.82) is 0 Å². The highest BCUT2D eigenvalue weighted by Crippen LogP contribution is 2.59. The summed E-state index contributed by atoms with van der Waals surface area (Å²) in [7, 11) is 1.53. The molecule has 0 saturated heterocycles. The quantitative estimate of drug-likeness (QED) is 0.414. The molecule has 0 fully saturated rings. The van der Waals surface area contributed by atoms with Crippen LogP contribution in [0.5, 0.6) is 0 Å². The molecule has 0 amide bonds. The average molecular weight is 402 g/mol. The van der Waals surface area contributed by atoms with Crippen LogP contribution in [-0.2, 0) is 19.2 Å². The van der Waals surface area contributed by atoms with Crippen molar-refractivity contribution >= 4 is 11.8 Å². The Morgan fingerprint density at radius 3 is 1.75 bits per heavy atom. The Kier molecular flexibility index (Phi) is 8.49. The summed E-state index contributed by atoms with van der Waals surface area (Å²) in [6, 6.07) is -0.536. The molecular weight excluding hydrogens is 358 g/mol. The molecule has 0 aliphatic heterocycles. The summed E-state index contributed by atoms with van der Waals surface area (Å²) in [5, 5.41) is 9.01. The van der Waals surface area contributed by atoms with Crippen LogP contribution in [0.4, 0.5) is 0 Å². The van der Waals surface area contributed by atoms with E-state index < -0.39 is 33.7 Å². The molecule has 0 spiro atoms. The molecule has 0 aromatic heterocycles. The Morgan fingerprint density at radius 1 is 0.964 bits per heavy atom. The first kappa shape index (κ1) is 27.0. The standard InChI is InChI=1S/C22H43NO5/c1-15(23)21(9,17(25)28-26)14-19(5,6)20(7,8)22(10,13-18(2,3)4)16(24)12-27-11/h15,26H,12-14,23H2,1-11H3. The van der Waals surface area contributed by atoms with Gasteiger partial charge in [0.2, 0.25) is 0 Å². The second-order valence-corrected chi connectivity index (χ2v) is 11.2. The van der Waals surface area contributed by atoms with E-state index in [1.165, 1.54) is 7.11 Å². The molecule has 0 aliphatic carbocycles. The zero-order chi connectivity index (χ0) is 22.8. The van der Waals surface area contributed by atoms with Crippen molar-refractivity contribution in [1.82, 2.24) is 0 Å². The topological polar surface area (TPSA) is 98.9 Å². The van der Waals surface area contributed by atoms with Crippen LogP contribution in [0.15, 0.2) is 0 Å². The molecule has 3 unspecified atom stereocenters. The van der Waals surface area contributed by atoms with Gasteiger partial charge >= 0.3 is 5.97 Å². The summed E-state index contributed by atoms with van der Waals surface area (Å²) in [6.07, 6.45) is 1.02. The van der Waals surface area contributed by atoms with Crippen LogP contribution in [0.1, 0.15) is 82.1 Å². The van der Waals surface area contributed by atoms with Crippen molar-refractivity contribution in [2.75, 3.05) is 13.7 Å². The lowest BCUT2D eigenvalue weighted by Crippen LogP contribution is -2.56. The highest BCUT2D eigenvalue weighted by molar-refractivity contribution is 5.86. The number of rotatable bonds is 10. The first-order valence-electron chi connectivity index (χ1n) is 9.96. The lowest BCUT2D eigenvalue weighted by Gasteiger charge is -2.56. The van der Waals surface area contributed by atoms with Gasteiger partial charge in [-0.15, -0.1) is 0 Å². The molecule has 28 heavy (non-hydrogen) atoms. The third kappa shape index (κ3) is 5.33. The van der Waals surface area contributed by atoms with E-state index in [1.807, 2.05) is 20.8 Å². The molecule has 0 aromatic rings. The molecule has 3 atom stereocenters. The van der Waals surface area contributed by atoms with E-state index >= 15 is 0 Å². The molecule has 0 saturated carbocycles.